The Labute approximate surface area is 157 Å². The van der Waals surface area contributed by atoms with Gasteiger partial charge in [-0.15, -0.1) is 11.3 Å². The maximum atomic E-state index is 12.6. The largest absolute Gasteiger partial charge is 0.496 e. The smallest absolute Gasteiger partial charge is 0.244 e. The van der Waals surface area contributed by atoms with Crippen molar-refractivity contribution >= 4 is 23.3 Å². The van der Waals surface area contributed by atoms with E-state index in [0.29, 0.717) is 5.75 Å². The summed E-state index contributed by atoms with van der Waals surface area (Å²) >= 11 is 1.61. The van der Waals surface area contributed by atoms with E-state index in [1.165, 1.54) is 0 Å². The lowest BCUT2D eigenvalue weighted by Crippen LogP contribution is -2.30. The number of aryl methyl sites for hydroxylation is 2. The van der Waals surface area contributed by atoms with Crippen molar-refractivity contribution in [1.29, 1.82) is 0 Å². The van der Waals surface area contributed by atoms with Crippen LogP contribution in [0.2, 0.25) is 0 Å². The number of aromatic nitrogens is 2. The molecule has 1 amide bonds. The van der Waals surface area contributed by atoms with Gasteiger partial charge in [-0.2, -0.15) is 0 Å². The second-order valence-corrected chi connectivity index (χ2v) is 6.83. The summed E-state index contributed by atoms with van der Waals surface area (Å²) in [7, 11) is 3.53. The molecule has 0 aliphatic carbocycles. The zero-order valence-electron chi connectivity index (χ0n) is 15.0. The number of ether oxygens (including phenoxy) is 1. The molecular weight excluding hydrogens is 346 g/mol. The highest BCUT2D eigenvalue weighted by Gasteiger charge is 2.23. The van der Waals surface area contributed by atoms with Crippen molar-refractivity contribution in [2.75, 3.05) is 7.11 Å². The van der Waals surface area contributed by atoms with Crippen LogP contribution in [0.3, 0.4) is 0 Å². The van der Waals surface area contributed by atoms with E-state index in [1.807, 2.05) is 66.5 Å². The number of amides is 1. The van der Waals surface area contributed by atoms with Crippen molar-refractivity contribution in [2.45, 2.75) is 13.0 Å². The molecule has 0 bridgehead atoms. The Morgan fingerprint density at radius 1 is 1.35 bits per heavy atom. The van der Waals surface area contributed by atoms with Crippen molar-refractivity contribution in [3.63, 3.8) is 0 Å². The maximum absolute atomic E-state index is 12.6. The predicted octanol–water partition coefficient (Wildman–Crippen LogP) is 3.72. The topological polar surface area (TPSA) is 56.1 Å². The Balaban J connectivity index is 1.89. The molecule has 3 rings (SSSR count). The molecule has 3 aromatic rings. The van der Waals surface area contributed by atoms with Crippen LogP contribution in [-0.2, 0) is 11.8 Å². The molecule has 1 unspecified atom stereocenters. The Morgan fingerprint density at radius 2 is 2.15 bits per heavy atom. The molecule has 2 aromatic heterocycles. The Bertz CT molecular complexity index is 927. The first-order valence-electron chi connectivity index (χ1n) is 8.23. The summed E-state index contributed by atoms with van der Waals surface area (Å²) in [5.41, 5.74) is 2.02. The third kappa shape index (κ3) is 3.86. The highest BCUT2D eigenvalue weighted by molar-refractivity contribution is 7.11. The number of para-hydroxylation sites is 1. The molecule has 5 nitrogen and oxygen atoms in total. The average molecular weight is 367 g/mol. The van der Waals surface area contributed by atoms with Gasteiger partial charge in [-0.1, -0.05) is 18.2 Å². The van der Waals surface area contributed by atoms with Crippen molar-refractivity contribution in [3.05, 3.63) is 76.0 Å². The number of carbonyl (C=O) groups excluding carboxylic acids is 1. The number of carbonyl (C=O) groups is 1. The van der Waals surface area contributed by atoms with E-state index in [-0.39, 0.29) is 5.91 Å². The molecular formula is C20H21N3O2S. The molecule has 0 aliphatic heterocycles. The zero-order valence-corrected chi connectivity index (χ0v) is 15.8. The van der Waals surface area contributed by atoms with E-state index in [4.69, 9.17) is 4.74 Å². The number of thiophene rings is 1. The molecule has 0 saturated carbocycles. The first kappa shape index (κ1) is 17.9. The zero-order chi connectivity index (χ0) is 18.5. The summed E-state index contributed by atoms with van der Waals surface area (Å²) < 4.78 is 7.37. The fourth-order valence-electron chi connectivity index (χ4n) is 2.74. The van der Waals surface area contributed by atoms with Crippen molar-refractivity contribution in [2.24, 2.45) is 7.05 Å². The second kappa shape index (κ2) is 8.01. The quantitative estimate of drug-likeness (QED) is 0.676. The van der Waals surface area contributed by atoms with Crippen LogP contribution >= 0.6 is 11.3 Å². The lowest BCUT2D eigenvalue weighted by Gasteiger charge is -2.20. The van der Waals surface area contributed by atoms with Crippen LogP contribution in [0.25, 0.3) is 6.08 Å². The van der Waals surface area contributed by atoms with Gasteiger partial charge in [0.2, 0.25) is 5.91 Å². The van der Waals surface area contributed by atoms with E-state index in [2.05, 4.69) is 10.3 Å². The molecule has 134 valence electrons. The monoisotopic (exact) mass is 367 g/mol. The fraction of sp³-hybridized carbons (Fsp3) is 0.200. The molecule has 0 spiro atoms. The number of benzene rings is 1. The number of rotatable bonds is 6. The normalized spacial score (nSPS) is 12.3. The van der Waals surface area contributed by atoms with Gasteiger partial charge in [-0.3, -0.25) is 4.79 Å². The van der Waals surface area contributed by atoms with Crippen LogP contribution in [-0.4, -0.2) is 22.6 Å². The average Bonchev–Trinajstić information content (AvgIpc) is 3.26. The Kier molecular flexibility index (Phi) is 5.53. The molecule has 0 radical (unpaired) electrons. The molecule has 1 N–H and O–H groups in total. The minimum absolute atomic E-state index is 0.184. The molecule has 26 heavy (non-hydrogen) atoms. The van der Waals surface area contributed by atoms with Crippen LogP contribution in [0, 0.1) is 6.92 Å². The highest BCUT2D eigenvalue weighted by atomic mass is 32.1. The number of nitrogens with one attached hydrogen (secondary N) is 1. The van der Waals surface area contributed by atoms with Crippen molar-refractivity contribution in [1.82, 2.24) is 14.9 Å². The van der Waals surface area contributed by atoms with Crippen molar-refractivity contribution < 1.29 is 9.53 Å². The van der Waals surface area contributed by atoms with Gasteiger partial charge in [0.05, 0.1) is 7.11 Å². The van der Waals surface area contributed by atoms with Gasteiger partial charge < -0.3 is 14.6 Å². The summed E-state index contributed by atoms with van der Waals surface area (Å²) in [6.07, 6.45) is 6.97. The van der Waals surface area contributed by atoms with Crippen LogP contribution in [0.1, 0.15) is 27.9 Å². The number of hydrogen-bond acceptors (Lipinski definition) is 4. The second-order valence-electron chi connectivity index (χ2n) is 5.88. The summed E-state index contributed by atoms with van der Waals surface area (Å²) in [5, 5.41) is 5.06. The fourth-order valence-corrected chi connectivity index (χ4v) is 3.56. The van der Waals surface area contributed by atoms with Gasteiger partial charge in [-0.05, 0) is 36.1 Å². The van der Waals surface area contributed by atoms with Crippen LogP contribution in [0.15, 0.2) is 54.2 Å². The summed E-state index contributed by atoms with van der Waals surface area (Å²) in [5.74, 6) is 1.26. The molecule has 6 heteroatoms. The van der Waals surface area contributed by atoms with Crippen molar-refractivity contribution in [3.8, 4) is 5.75 Å². The van der Waals surface area contributed by atoms with E-state index >= 15 is 0 Å². The number of nitrogens with zero attached hydrogens (tertiary/aromatic N) is 2. The van der Waals surface area contributed by atoms with Crippen LogP contribution in [0.5, 0.6) is 5.75 Å². The highest BCUT2D eigenvalue weighted by Crippen LogP contribution is 2.29. The van der Waals surface area contributed by atoms with Crippen LogP contribution < -0.4 is 10.1 Å². The lowest BCUT2D eigenvalue weighted by molar-refractivity contribution is -0.117. The van der Waals surface area contributed by atoms with Gasteiger partial charge in [0.25, 0.3) is 0 Å². The van der Waals surface area contributed by atoms with E-state index in [0.717, 1.165) is 21.8 Å². The minimum Gasteiger partial charge on any atom is -0.496 e. The van der Waals surface area contributed by atoms with Crippen LogP contribution in [0.4, 0.5) is 0 Å². The first-order valence-corrected chi connectivity index (χ1v) is 9.11. The molecule has 0 fully saturated rings. The predicted molar refractivity (Wildman–Crippen MR) is 104 cm³/mol. The van der Waals surface area contributed by atoms with Gasteiger partial charge in [0.15, 0.2) is 0 Å². The number of methoxy groups -OCH3 is 1. The first-order chi connectivity index (χ1) is 12.6. The SMILES string of the molecule is COc1ccccc1C(NC(=O)/C=C/c1sccc1C)c1nccn1C. The molecule has 1 atom stereocenters. The lowest BCUT2D eigenvalue weighted by atomic mass is 10.0. The Hall–Kier alpha value is -2.86. The standard InChI is InChI=1S/C20H21N3O2S/c1-14-10-13-26-17(14)8-9-18(24)22-19(20-21-11-12-23(20)2)15-6-4-5-7-16(15)25-3/h4-13,19H,1-3H3,(H,22,24)/b9-8+. The summed E-state index contributed by atoms with van der Waals surface area (Å²) in [4.78, 5) is 18.1. The molecule has 2 heterocycles. The number of imidazole rings is 1. The van der Waals surface area contributed by atoms with Gasteiger partial charge >= 0.3 is 0 Å². The maximum Gasteiger partial charge on any atom is 0.244 e. The van der Waals surface area contributed by atoms with Gasteiger partial charge in [0, 0.05) is 36.0 Å². The van der Waals surface area contributed by atoms with E-state index in [1.54, 1.807) is 30.7 Å². The molecule has 0 saturated heterocycles. The van der Waals surface area contributed by atoms with E-state index < -0.39 is 6.04 Å². The molecule has 0 aliphatic rings. The third-order valence-electron chi connectivity index (χ3n) is 4.14. The molecule has 1 aromatic carbocycles. The Morgan fingerprint density at radius 3 is 2.81 bits per heavy atom. The minimum atomic E-state index is -0.410. The third-order valence-corrected chi connectivity index (χ3v) is 5.13. The summed E-state index contributed by atoms with van der Waals surface area (Å²) in [6.45, 7) is 2.03. The summed E-state index contributed by atoms with van der Waals surface area (Å²) in [6, 6.07) is 9.26. The van der Waals surface area contributed by atoms with Gasteiger partial charge in [0.1, 0.15) is 17.6 Å². The van der Waals surface area contributed by atoms with E-state index in [9.17, 15) is 4.79 Å². The van der Waals surface area contributed by atoms with Gasteiger partial charge in [-0.25, -0.2) is 4.98 Å². The number of hydrogen-bond donors (Lipinski definition) is 1.